The van der Waals surface area contributed by atoms with E-state index in [1.54, 1.807) is 25.3 Å². The summed E-state index contributed by atoms with van der Waals surface area (Å²) >= 11 is 1.21. The third kappa shape index (κ3) is 5.44. The number of carbonyl (C=O) groups excluding carboxylic acids is 1. The van der Waals surface area contributed by atoms with Gasteiger partial charge < -0.3 is 24.5 Å². The number of fused-ring (bicyclic) bond motifs is 2. The van der Waals surface area contributed by atoms with E-state index in [1.165, 1.54) is 11.8 Å². The number of carbonyl (C=O) groups is 1. The Morgan fingerprint density at radius 1 is 1.20 bits per heavy atom. The zero-order valence-electron chi connectivity index (χ0n) is 19.3. The van der Waals surface area contributed by atoms with E-state index in [1.807, 2.05) is 24.3 Å². The number of H-pyrrole nitrogens is 1. The van der Waals surface area contributed by atoms with Crippen LogP contribution in [0.1, 0.15) is 16.8 Å². The van der Waals surface area contributed by atoms with Gasteiger partial charge in [0.25, 0.3) is 5.56 Å². The number of thioether (sulfide) groups is 1. The van der Waals surface area contributed by atoms with Gasteiger partial charge in [-0.25, -0.2) is 4.98 Å². The first-order valence-electron chi connectivity index (χ1n) is 11.4. The van der Waals surface area contributed by atoms with Crippen molar-refractivity contribution in [1.82, 2.24) is 14.9 Å². The Labute approximate surface area is 206 Å². The number of aromatic nitrogens is 2. The highest BCUT2D eigenvalue weighted by Crippen LogP contribution is 2.32. The van der Waals surface area contributed by atoms with E-state index >= 15 is 0 Å². The van der Waals surface area contributed by atoms with Crippen LogP contribution in [0.15, 0.2) is 52.4 Å². The quantitative estimate of drug-likeness (QED) is 0.382. The van der Waals surface area contributed by atoms with Crippen LogP contribution in [-0.2, 0) is 24.3 Å². The minimum absolute atomic E-state index is 0.121. The van der Waals surface area contributed by atoms with E-state index in [-0.39, 0.29) is 17.2 Å². The molecule has 1 aromatic heterocycles. The van der Waals surface area contributed by atoms with E-state index in [2.05, 4.69) is 20.2 Å². The van der Waals surface area contributed by atoms with Crippen LogP contribution in [0.3, 0.4) is 0 Å². The highest BCUT2D eigenvalue weighted by atomic mass is 32.2. The van der Waals surface area contributed by atoms with Crippen molar-refractivity contribution in [3.63, 3.8) is 0 Å². The van der Waals surface area contributed by atoms with Gasteiger partial charge in [-0.2, -0.15) is 0 Å². The van der Waals surface area contributed by atoms with Gasteiger partial charge in [0.15, 0.2) is 16.7 Å². The molecular weight excluding hydrogens is 468 g/mol. The molecule has 35 heavy (non-hydrogen) atoms. The molecule has 0 atom stereocenters. The highest BCUT2D eigenvalue weighted by Gasteiger charge is 2.22. The Bertz CT molecular complexity index is 1300. The van der Waals surface area contributed by atoms with Gasteiger partial charge in [0.1, 0.15) is 19.0 Å². The van der Waals surface area contributed by atoms with Crippen LogP contribution >= 0.6 is 11.8 Å². The van der Waals surface area contributed by atoms with Gasteiger partial charge in [-0.15, -0.1) is 0 Å². The standard InChI is InChI=1S/C25H26N4O5S/c1-32-20-5-3-2-4-16(20)13-29-9-8-19-18(14-29)24(31)28-25(27-19)35-15-23(30)26-17-6-7-21-22(12-17)34-11-10-33-21/h2-7,12H,8-11,13-15H2,1H3,(H,26,30)(H,27,28,31). The monoisotopic (exact) mass is 494 g/mol. The third-order valence-corrected chi connectivity index (χ3v) is 6.75. The first-order valence-corrected chi connectivity index (χ1v) is 12.4. The molecule has 3 aromatic rings. The second-order valence-electron chi connectivity index (χ2n) is 8.26. The number of para-hydroxylation sites is 1. The Hall–Kier alpha value is -3.50. The minimum atomic E-state index is -0.199. The Morgan fingerprint density at radius 3 is 2.89 bits per heavy atom. The molecule has 9 nitrogen and oxygen atoms in total. The van der Waals surface area contributed by atoms with Gasteiger partial charge in [-0.3, -0.25) is 14.5 Å². The van der Waals surface area contributed by atoms with Crippen molar-refractivity contribution in [2.45, 2.75) is 24.7 Å². The van der Waals surface area contributed by atoms with Crippen molar-refractivity contribution < 1.29 is 19.0 Å². The van der Waals surface area contributed by atoms with Crippen LogP contribution < -0.4 is 25.1 Å². The van der Waals surface area contributed by atoms with Gasteiger partial charge in [-0.05, 0) is 18.2 Å². The lowest BCUT2D eigenvalue weighted by Gasteiger charge is -2.28. The molecule has 0 saturated heterocycles. The van der Waals surface area contributed by atoms with Crippen LogP contribution in [0.4, 0.5) is 5.69 Å². The number of aromatic amines is 1. The molecule has 2 aliphatic heterocycles. The van der Waals surface area contributed by atoms with Gasteiger partial charge in [0, 0.05) is 43.4 Å². The maximum absolute atomic E-state index is 12.8. The van der Waals surface area contributed by atoms with E-state index in [0.29, 0.717) is 60.6 Å². The molecule has 0 spiro atoms. The summed E-state index contributed by atoms with van der Waals surface area (Å²) in [6, 6.07) is 13.2. The molecule has 1 amide bonds. The van der Waals surface area contributed by atoms with Crippen LogP contribution in [0.2, 0.25) is 0 Å². The number of ether oxygens (including phenoxy) is 3. The van der Waals surface area contributed by atoms with Gasteiger partial charge >= 0.3 is 0 Å². The predicted molar refractivity (Wildman–Crippen MR) is 132 cm³/mol. The smallest absolute Gasteiger partial charge is 0.256 e. The van der Waals surface area contributed by atoms with Crippen LogP contribution in [0, 0.1) is 0 Å². The molecule has 0 aliphatic carbocycles. The zero-order chi connectivity index (χ0) is 24.2. The zero-order valence-corrected chi connectivity index (χ0v) is 20.2. The Kier molecular flexibility index (Phi) is 6.91. The summed E-state index contributed by atoms with van der Waals surface area (Å²) < 4.78 is 16.5. The fourth-order valence-corrected chi connectivity index (χ4v) is 4.87. The molecule has 2 aliphatic rings. The molecule has 0 radical (unpaired) electrons. The summed E-state index contributed by atoms with van der Waals surface area (Å²) in [6.07, 6.45) is 0.672. The number of nitrogens with one attached hydrogen (secondary N) is 2. The molecule has 5 rings (SSSR count). The number of rotatable bonds is 7. The number of nitrogens with zero attached hydrogens (tertiary/aromatic N) is 2. The summed E-state index contributed by atoms with van der Waals surface area (Å²) in [7, 11) is 1.66. The van der Waals surface area contributed by atoms with Gasteiger partial charge in [0.2, 0.25) is 5.91 Å². The van der Waals surface area contributed by atoms with Crippen LogP contribution in [0.5, 0.6) is 17.2 Å². The molecule has 0 unspecified atom stereocenters. The molecule has 2 aromatic carbocycles. The topological polar surface area (TPSA) is 106 Å². The fraction of sp³-hybridized carbons (Fsp3) is 0.320. The SMILES string of the molecule is COc1ccccc1CN1CCc2nc(SCC(=O)Nc3ccc4c(c3)OCCO4)[nH]c(=O)c2C1. The summed E-state index contributed by atoms with van der Waals surface area (Å²) in [5.74, 6) is 2.04. The number of amides is 1. The first kappa shape index (κ1) is 23.3. The maximum atomic E-state index is 12.8. The lowest BCUT2D eigenvalue weighted by molar-refractivity contribution is -0.113. The molecule has 2 N–H and O–H groups in total. The number of benzene rings is 2. The molecule has 3 heterocycles. The largest absolute Gasteiger partial charge is 0.496 e. The Morgan fingerprint density at radius 2 is 2.03 bits per heavy atom. The van der Waals surface area contributed by atoms with Gasteiger partial charge in [0.05, 0.1) is 24.1 Å². The van der Waals surface area contributed by atoms with Crippen LogP contribution in [0.25, 0.3) is 0 Å². The van der Waals surface area contributed by atoms with E-state index < -0.39 is 0 Å². The summed E-state index contributed by atoms with van der Waals surface area (Å²) in [5, 5.41) is 3.29. The molecular formula is C25H26N4O5S. The molecule has 10 heteroatoms. The molecule has 0 saturated carbocycles. The van der Waals surface area contributed by atoms with E-state index in [0.717, 1.165) is 23.6 Å². The normalized spacial score (nSPS) is 14.8. The number of methoxy groups -OCH3 is 1. The molecule has 0 bridgehead atoms. The first-order chi connectivity index (χ1) is 17.1. The number of hydrogen-bond donors (Lipinski definition) is 2. The lowest BCUT2D eigenvalue weighted by Crippen LogP contribution is -2.35. The summed E-state index contributed by atoms with van der Waals surface area (Å²) in [4.78, 5) is 34.9. The van der Waals surface area contributed by atoms with Crippen LogP contribution in [-0.4, -0.2) is 53.4 Å². The second kappa shape index (κ2) is 10.4. The summed E-state index contributed by atoms with van der Waals surface area (Å²) in [5.41, 5.74) is 3.02. The van der Waals surface area contributed by atoms with Crippen molar-refractivity contribution in [3.05, 3.63) is 69.6 Å². The van der Waals surface area contributed by atoms with E-state index in [9.17, 15) is 9.59 Å². The highest BCUT2D eigenvalue weighted by molar-refractivity contribution is 7.99. The van der Waals surface area contributed by atoms with Crippen molar-refractivity contribution in [1.29, 1.82) is 0 Å². The second-order valence-corrected chi connectivity index (χ2v) is 9.23. The Balaban J connectivity index is 1.19. The fourth-order valence-electron chi connectivity index (χ4n) is 4.19. The minimum Gasteiger partial charge on any atom is -0.496 e. The van der Waals surface area contributed by atoms with Crippen molar-refractivity contribution in [2.75, 3.05) is 37.9 Å². The average molecular weight is 495 g/mol. The maximum Gasteiger partial charge on any atom is 0.256 e. The number of anilines is 1. The van der Waals surface area contributed by atoms with Gasteiger partial charge in [-0.1, -0.05) is 30.0 Å². The molecule has 182 valence electrons. The predicted octanol–water partition coefficient (Wildman–Crippen LogP) is 2.84. The lowest BCUT2D eigenvalue weighted by atomic mass is 10.1. The molecule has 0 fully saturated rings. The summed E-state index contributed by atoms with van der Waals surface area (Å²) in [6.45, 7) is 3.00. The van der Waals surface area contributed by atoms with Crippen molar-refractivity contribution in [3.8, 4) is 17.2 Å². The average Bonchev–Trinajstić information content (AvgIpc) is 2.88. The number of hydrogen-bond acceptors (Lipinski definition) is 8. The van der Waals surface area contributed by atoms with Crippen molar-refractivity contribution in [2.24, 2.45) is 0 Å². The third-order valence-electron chi connectivity index (χ3n) is 5.88. The van der Waals surface area contributed by atoms with Crippen molar-refractivity contribution >= 4 is 23.4 Å². The van der Waals surface area contributed by atoms with E-state index in [4.69, 9.17) is 14.2 Å².